The third kappa shape index (κ3) is 2.29. The Balaban J connectivity index is 2.03. The number of rotatable bonds is 2. The van der Waals surface area contributed by atoms with Crippen LogP contribution in [0.3, 0.4) is 0 Å². The highest BCUT2D eigenvalue weighted by molar-refractivity contribution is 5.41. The van der Waals surface area contributed by atoms with E-state index in [0.717, 1.165) is 24.8 Å². The molecule has 1 atom stereocenters. The summed E-state index contributed by atoms with van der Waals surface area (Å²) >= 11 is 0. The van der Waals surface area contributed by atoms with Gasteiger partial charge < -0.3 is 9.67 Å². The van der Waals surface area contributed by atoms with E-state index in [2.05, 4.69) is 61.9 Å². The highest BCUT2D eigenvalue weighted by Gasteiger charge is 2.33. The maximum atomic E-state index is 10.3. The number of hydrogen-bond acceptors (Lipinski definition) is 1. The topological polar surface area (TPSA) is 25.2 Å². The average Bonchev–Trinajstić information content (AvgIpc) is 2.81. The van der Waals surface area contributed by atoms with E-state index in [1.165, 1.54) is 16.9 Å². The summed E-state index contributed by atoms with van der Waals surface area (Å²) in [7, 11) is 0. The van der Waals surface area contributed by atoms with E-state index in [0.29, 0.717) is 0 Å². The van der Waals surface area contributed by atoms with Crippen molar-refractivity contribution in [1.29, 1.82) is 0 Å². The average molecular weight is 269 g/mol. The maximum absolute atomic E-state index is 10.3. The second-order valence-corrected chi connectivity index (χ2v) is 6.67. The van der Waals surface area contributed by atoms with Crippen molar-refractivity contribution in [3.05, 3.63) is 53.3 Å². The van der Waals surface area contributed by atoms with Crippen molar-refractivity contribution in [3.8, 4) is 5.69 Å². The van der Waals surface area contributed by atoms with Crippen molar-refractivity contribution in [3.63, 3.8) is 0 Å². The van der Waals surface area contributed by atoms with E-state index in [1.807, 2.05) is 0 Å². The molecule has 1 aromatic carbocycles. The lowest BCUT2D eigenvalue weighted by atomic mass is 9.75. The summed E-state index contributed by atoms with van der Waals surface area (Å²) < 4.78 is 2.24. The molecule has 0 radical (unpaired) electrons. The summed E-state index contributed by atoms with van der Waals surface area (Å²) in [5, 5.41) is 10.3. The van der Waals surface area contributed by atoms with E-state index in [1.54, 1.807) is 0 Å². The number of aliphatic hydroxyl groups is 1. The van der Waals surface area contributed by atoms with Crippen LogP contribution in [0, 0.1) is 5.41 Å². The molecule has 1 unspecified atom stereocenters. The molecule has 1 heterocycles. The highest BCUT2D eigenvalue weighted by atomic mass is 16.3. The summed E-state index contributed by atoms with van der Waals surface area (Å²) in [6.45, 7) is 6.64. The standard InChI is InChI=1S/C18H23NO/c1-4-13-5-7-14(8-6-13)19-10-9-15-16(19)11-18(2,3)12-17(15)20/h5-10,17,20H,4,11-12H2,1-3H3. The fourth-order valence-corrected chi connectivity index (χ4v) is 3.26. The second-order valence-electron chi connectivity index (χ2n) is 6.67. The molecule has 2 heteroatoms. The number of fused-ring (bicyclic) bond motifs is 1. The van der Waals surface area contributed by atoms with Gasteiger partial charge in [0.1, 0.15) is 0 Å². The number of aryl methyl sites for hydroxylation is 1. The monoisotopic (exact) mass is 269 g/mol. The van der Waals surface area contributed by atoms with Crippen LogP contribution in [0.1, 0.15) is 50.1 Å². The molecule has 2 nitrogen and oxygen atoms in total. The van der Waals surface area contributed by atoms with E-state index < -0.39 is 0 Å². The van der Waals surface area contributed by atoms with E-state index in [9.17, 15) is 5.11 Å². The third-order valence-electron chi connectivity index (χ3n) is 4.40. The number of aliphatic hydroxyl groups excluding tert-OH is 1. The number of hydrogen-bond donors (Lipinski definition) is 1. The number of aromatic nitrogens is 1. The molecule has 0 fully saturated rings. The quantitative estimate of drug-likeness (QED) is 0.874. The first-order valence-corrected chi connectivity index (χ1v) is 7.48. The predicted molar refractivity (Wildman–Crippen MR) is 82.2 cm³/mol. The summed E-state index contributed by atoms with van der Waals surface area (Å²) in [5.41, 5.74) is 5.07. The van der Waals surface area contributed by atoms with Crippen LogP contribution >= 0.6 is 0 Å². The zero-order valence-corrected chi connectivity index (χ0v) is 12.6. The Kier molecular flexibility index (Phi) is 3.21. The first kappa shape index (κ1) is 13.4. The molecule has 0 bridgehead atoms. The molecule has 3 rings (SSSR count). The van der Waals surface area contributed by atoms with Gasteiger partial charge in [0.05, 0.1) is 6.10 Å². The van der Waals surface area contributed by atoms with Crippen LogP contribution in [0.5, 0.6) is 0 Å². The van der Waals surface area contributed by atoms with Crippen molar-refractivity contribution < 1.29 is 5.11 Å². The van der Waals surface area contributed by atoms with E-state index >= 15 is 0 Å². The largest absolute Gasteiger partial charge is 0.388 e. The minimum atomic E-state index is -0.329. The van der Waals surface area contributed by atoms with Gasteiger partial charge in [-0.15, -0.1) is 0 Å². The van der Waals surface area contributed by atoms with Crippen molar-refractivity contribution in [2.24, 2.45) is 5.41 Å². The molecule has 0 saturated heterocycles. The Morgan fingerprint density at radius 1 is 1.20 bits per heavy atom. The second kappa shape index (κ2) is 4.78. The smallest absolute Gasteiger partial charge is 0.0812 e. The van der Waals surface area contributed by atoms with Gasteiger partial charge in [-0.05, 0) is 48.4 Å². The van der Waals surface area contributed by atoms with Gasteiger partial charge in [-0.1, -0.05) is 32.9 Å². The molecule has 1 N–H and O–H groups in total. The fraction of sp³-hybridized carbons (Fsp3) is 0.444. The highest BCUT2D eigenvalue weighted by Crippen LogP contribution is 2.41. The SMILES string of the molecule is CCc1ccc(-n2ccc3c2CC(C)(C)CC3O)cc1. The summed E-state index contributed by atoms with van der Waals surface area (Å²) in [6.07, 6.45) is 4.69. The van der Waals surface area contributed by atoms with Gasteiger partial charge in [0.2, 0.25) is 0 Å². The first-order chi connectivity index (χ1) is 9.50. The Morgan fingerprint density at radius 3 is 2.55 bits per heavy atom. The van der Waals surface area contributed by atoms with Crippen molar-refractivity contribution >= 4 is 0 Å². The van der Waals surface area contributed by atoms with E-state index in [4.69, 9.17) is 0 Å². The van der Waals surface area contributed by atoms with Crippen LogP contribution in [-0.4, -0.2) is 9.67 Å². The molecule has 1 aliphatic rings. The van der Waals surface area contributed by atoms with Gasteiger partial charge in [-0.25, -0.2) is 0 Å². The van der Waals surface area contributed by atoms with Gasteiger partial charge in [-0.2, -0.15) is 0 Å². The Bertz CT molecular complexity index is 607. The molecule has 0 spiro atoms. The van der Waals surface area contributed by atoms with Crippen molar-refractivity contribution in [1.82, 2.24) is 4.57 Å². The molecule has 1 aliphatic carbocycles. The zero-order chi connectivity index (χ0) is 14.3. The lowest BCUT2D eigenvalue weighted by Crippen LogP contribution is -2.26. The van der Waals surface area contributed by atoms with Gasteiger partial charge in [0.15, 0.2) is 0 Å². The molecule has 106 valence electrons. The van der Waals surface area contributed by atoms with Gasteiger partial charge >= 0.3 is 0 Å². The molecular formula is C18H23NO. The van der Waals surface area contributed by atoms with Gasteiger partial charge in [0, 0.05) is 23.1 Å². The van der Waals surface area contributed by atoms with Crippen LogP contribution in [-0.2, 0) is 12.8 Å². The van der Waals surface area contributed by atoms with Crippen LogP contribution in [0.25, 0.3) is 5.69 Å². The molecule has 2 aromatic rings. The van der Waals surface area contributed by atoms with Crippen LogP contribution in [0.15, 0.2) is 36.5 Å². The molecule has 20 heavy (non-hydrogen) atoms. The molecule has 0 aliphatic heterocycles. The van der Waals surface area contributed by atoms with Crippen molar-refractivity contribution in [2.75, 3.05) is 0 Å². The minimum Gasteiger partial charge on any atom is -0.388 e. The summed E-state index contributed by atoms with van der Waals surface area (Å²) in [5.74, 6) is 0. The van der Waals surface area contributed by atoms with Crippen LogP contribution in [0.4, 0.5) is 0 Å². The fourth-order valence-electron chi connectivity index (χ4n) is 3.26. The zero-order valence-electron chi connectivity index (χ0n) is 12.6. The van der Waals surface area contributed by atoms with Gasteiger partial charge in [0.25, 0.3) is 0 Å². The van der Waals surface area contributed by atoms with Crippen molar-refractivity contribution in [2.45, 2.75) is 46.1 Å². The third-order valence-corrected chi connectivity index (χ3v) is 4.40. The maximum Gasteiger partial charge on any atom is 0.0812 e. The molecule has 0 saturated carbocycles. The number of benzene rings is 1. The lowest BCUT2D eigenvalue weighted by molar-refractivity contribution is 0.0987. The lowest BCUT2D eigenvalue weighted by Gasteiger charge is -2.34. The normalized spacial score (nSPS) is 20.7. The van der Waals surface area contributed by atoms with E-state index in [-0.39, 0.29) is 11.5 Å². The Labute approximate surface area is 121 Å². The molecular weight excluding hydrogens is 246 g/mol. The Hall–Kier alpha value is -1.54. The minimum absolute atomic E-state index is 0.159. The van der Waals surface area contributed by atoms with Gasteiger partial charge in [-0.3, -0.25) is 0 Å². The summed E-state index contributed by atoms with van der Waals surface area (Å²) in [4.78, 5) is 0. The first-order valence-electron chi connectivity index (χ1n) is 7.48. The molecule has 0 amide bonds. The van der Waals surface area contributed by atoms with Crippen LogP contribution in [0.2, 0.25) is 0 Å². The van der Waals surface area contributed by atoms with Crippen LogP contribution < -0.4 is 0 Å². The number of nitrogens with zero attached hydrogens (tertiary/aromatic N) is 1. The predicted octanol–water partition coefficient (Wildman–Crippen LogP) is 4.05. The summed E-state index contributed by atoms with van der Waals surface area (Å²) in [6, 6.07) is 10.8. The molecule has 1 aromatic heterocycles. The Morgan fingerprint density at radius 2 is 1.90 bits per heavy atom.